The molecule has 0 amide bonds. The molecule has 0 heterocycles. The standard InChI is InChI=1S/C5H12NO7P/c7-2-1-6(10,3-5(8)9)4-14(11,12)13/h7H,1-4H2,(H,8,9)(H2,11,12,13). The highest BCUT2D eigenvalue weighted by Gasteiger charge is 2.30. The Morgan fingerprint density at radius 1 is 1.43 bits per heavy atom. The lowest BCUT2D eigenvalue weighted by Crippen LogP contribution is -2.48. The van der Waals surface area contributed by atoms with Crippen molar-refractivity contribution in [2.24, 2.45) is 0 Å². The van der Waals surface area contributed by atoms with Gasteiger partial charge in [-0.2, -0.15) is 0 Å². The molecule has 4 N–H and O–H groups in total. The molecule has 1 atom stereocenters. The second-order valence-electron chi connectivity index (χ2n) is 2.86. The van der Waals surface area contributed by atoms with Crippen molar-refractivity contribution in [3.8, 4) is 0 Å². The van der Waals surface area contributed by atoms with Crippen LogP contribution in [0.1, 0.15) is 0 Å². The van der Waals surface area contributed by atoms with Crippen LogP contribution in [0.25, 0.3) is 0 Å². The first-order valence-corrected chi connectivity index (χ1v) is 5.43. The fraction of sp³-hybridized carbons (Fsp3) is 0.800. The van der Waals surface area contributed by atoms with Crippen LogP contribution in [0.4, 0.5) is 0 Å². The number of aliphatic hydroxyl groups is 1. The van der Waals surface area contributed by atoms with Crippen LogP contribution in [0.15, 0.2) is 0 Å². The summed E-state index contributed by atoms with van der Waals surface area (Å²) in [6, 6.07) is 0. The lowest BCUT2D eigenvalue weighted by Gasteiger charge is -2.40. The third-order valence-electron chi connectivity index (χ3n) is 1.37. The van der Waals surface area contributed by atoms with Crippen LogP contribution in [0.3, 0.4) is 0 Å². The molecule has 0 bridgehead atoms. The maximum Gasteiger partial charge on any atom is 0.379 e. The van der Waals surface area contributed by atoms with E-state index in [-0.39, 0.29) is 0 Å². The van der Waals surface area contributed by atoms with Crippen LogP contribution in [-0.2, 0) is 9.36 Å². The van der Waals surface area contributed by atoms with Crippen LogP contribution in [-0.4, -0.2) is 56.6 Å². The van der Waals surface area contributed by atoms with E-state index in [1.165, 1.54) is 0 Å². The number of quaternary nitrogens is 1. The summed E-state index contributed by atoms with van der Waals surface area (Å²) in [4.78, 5) is 27.3. The number of carbonyl (C=O) groups is 1. The maximum absolute atomic E-state index is 11.4. The lowest BCUT2D eigenvalue weighted by molar-refractivity contribution is -0.863. The van der Waals surface area contributed by atoms with Crippen LogP contribution < -0.4 is 0 Å². The fourth-order valence-electron chi connectivity index (χ4n) is 0.964. The zero-order valence-corrected chi connectivity index (χ0v) is 8.13. The predicted octanol–water partition coefficient (Wildman–Crippen LogP) is -1.49. The molecule has 0 aliphatic carbocycles. The minimum absolute atomic E-state index is 0.558. The van der Waals surface area contributed by atoms with Crippen molar-refractivity contribution in [2.75, 3.05) is 26.0 Å². The Bertz CT molecular complexity index is 250. The quantitative estimate of drug-likeness (QED) is 0.247. The number of rotatable bonds is 6. The minimum Gasteiger partial charge on any atom is -0.632 e. The summed E-state index contributed by atoms with van der Waals surface area (Å²) in [5, 5.41) is 28.2. The van der Waals surface area contributed by atoms with Crippen molar-refractivity contribution in [1.29, 1.82) is 0 Å². The van der Waals surface area contributed by atoms with Gasteiger partial charge in [0, 0.05) is 0 Å². The van der Waals surface area contributed by atoms with Crippen molar-refractivity contribution >= 4 is 13.6 Å². The van der Waals surface area contributed by atoms with Gasteiger partial charge < -0.3 is 29.9 Å². The van der Waals surface area contributed by atoms with Gasteiger partial charge in [0.15, 0.2) is 12.8 Å². The molecule has 9 heteroatoms. The van der Waals surface area contributed by atoms with E-state index >= 15 is 0 Å². The van der Waals surface area contributed by atoms with Crippen molar-refractivity contribution in [3.63, 3.8) is 0 Å². The molecule has 0 aliphatic heterocycles. The highest BCUT2D eigenvalue weighted by Crippen LogP contribution is 2.37. The van der Waals surface area contributed by atoms with Gasteiger partial charge in [-0.3, -0.25) is 4.57 Å². The average Bonchev–Trinajstić information content (AvgIpc) is 1.78. The first-order valence-electron chi connectivity index (χ1n) is 3.63. The van der Waals surface area contributed by atoms with Gasteiger partial charge in [-0.1, -0.05) is 0 Å². The van der Waals surface area contributed by atoms with E-state index in [9.17, 15) is 14.6 Å². The van der Waals surface area contributed by atoms with Crippen molar-refractivity contribution in [3.05, 3.63) is 5.21 Å². The number of carboxylic acid groups (broad SMARTS) is 1. The number of hydrogen-bond donors (Lipinski definition) is 4. The number of hydroxylamine groups is 3. The molecular formula is C5H12NO7P. The Kier molecular flexibility index (Phi) is 4.66. The van der Waals surface area contributed by atoms with Crippen LogP contribution in [0.5, 0.6) is 0 Å². The lowest BCUT2D eigenvalue weighted by atomic mass is 10.5. The van der Waals surface area contributed by atoms with E-state index in [1.807, 2.05) is 0 Å². The molecule has 0 spiro atoms. The molecule has 0 aliphatic rings. The summed E-state index contributed by atoms with van der Waals surface area (Å²) in [6.45, 7) is -2.17. The van der Waals surface area contributed by atoms with Gasteiger partial charge in [-0.05, 0) is 0 Å². The summed E-state index contributed by atoms with van der Waals surface area (Å²) < 4.78 is 8.88. The Labute approximate surface area is 79.7 Å². The van der Waals surface area contributed by atoms with E-state index in [2.05, 4.69) is 0 Å². The van der Waals surface area contributed by atoms with E-state index < -0.39 is 44.2 Å². The Balaban J connectivity index is 4.54. The molecule has 84 valence electrons. The summed E-state index contributed by atoms with van der Waals surface area (Å²) in [5.74, 6) is -1.47. The summed E-state index contributed by atoms with van der Waals surface area (Å²) >= 11 is 0. The molecule has 1 unspecified atom stereocenters. The largest absolute Gasteiger partial charge is 0.632 e. The predicted molar refractivity (Wildman–Crippen MR) is 45.0 cm³/mol. The van der Waals surface area contributed by atoms with Crippen molar-refractivity contribution in [2.45, 2.75) is 0 Å². The molecular weight excluding hydrogens is 217 g/mol. The highest BCUT2D eigenvalue weighted by molar-refractivity contribution is 7.51. The Morgan fingerprint density at radius 3 is 2.21 bits per heavy atom. The monoisotopic (exact) mass is 229 g/mol. The van der Waals surface area contributed by atoms with E-state index in [0.717, 1.165) is 0 Å². The molecule has 0 fully saturated rings. The fourth-order valence-corrected chi connectivity index (χ4v) is 1.88. The second kappa shape index (κ2) is 4.83. The molecule has 0 saturated carbocycles. The number of carboxylic acids is 1. The molecule has 14 heavy (non-hydrogen) atoms. The topological polar surface area (TPSA) is 138 Å². The maximum atomic E-state index is 11.4. The number of aliphatic carboxylic acids is 1. The van der Waals surface area contributed by atoms with E-state index in [4.69, 9.17) is 20.0 Å². The van der Waals surface area contributed by atoms with Gasteiger partial charge >= 0.3 is 13.6 Å². The number of nitrogens with zero attached hydrogens (tertiary/aromatic N) is 1. The zero-order chi connectivity index (χ0) is 11.4. The van der Waals surface area contributed by atoms with E-state index in [1.54, 1.807) is 0 Å². The molecule has 8 nitrogen and oxygen atoms in total. The molecule has 0 radical (unpaired) electrons. The molecule has 0 aromatic heterocycles. The normalized spacial score (nSPS) is 16.3. The Hall–Kier alpha value is -0.500. The third kappa shape index (κ3) is 6.03. The minimum atomic E-state index is -4.59. The Morgan fingerprint density at radius 2 is 1.93 bits per heavy atom. The third-order valence-corrected chi connectivity index (χ3v) is 2.26. The zero-order valence-electron chi connectivity index (χ0n) is 7.24. The van der Waals surface area contributed by atoms with Crippen molar-refractivity contribution < 1.29 is 34.0 Å². The van der Waals surface area contributed by atoms with Gasteiger partial charge in [0.1, 0.15) is 6.54 Å². The molecule has 0 aromatic carbocycles. The van der Waals surface area contributed by atoms with Gasteiger partial charge in [-0.25, -0.2) is 4.79 Å². The summed E-state index contributed by atoms with van der Waals surface area (Å²) in [6.07, 6.45) is -1.14. The smallest absolute Gasteiger partial charge is 0.379 e. The SMILES string of the molecule is O=C(O)C[N+]([O-])(CCO)CP(=O)(O)O. The van der Waals surface area contributed by atoms with Gasteiger partial charge in [-0.15, -0.1) is 0 Å². The number of aliphatic hydroxyl groups excluding tert-OH is 1. The first-order chi connectivity index (χ1) is 6.18. The van der Waals surface area contributed by atoms with Crippen molar-refractivity contribution in [1.82, 2.24) is 0 Å². The van der Waals surface area contributed by atoms with Crippen LogP contribution in [0.2, 0.25) is 0 Å². The molecule has 0 aromatic rings. The van der Waals surface area contributed by atoms with Gasteiger partial charge in [0.2, 0.25) is 0 Å². The highest BCUT2D eigenvalue weighted by atomic mass is 31.2. The second-order valence-corrected chi connectivity index (χ2v) is 4.48. The molecule has 0 saturated heterocycles. The van der Waals surface area contributed by atoms with Gasteiger partial charge in [0.05, 0.1) is 6.61 Å². The van der Waals surface area contributed by atoms with E-state index in [0.29, 0.717) is 0 Å². The average molecular weight is 229 g/mol. The summed E-state index contributed by atoms with van der Waals surface area (Å²) in [5.41, 5.74) is 0. The summed E-state index contributed by atoms with van der Waals surface area (Å²) in [7, 11) is -4.59. The van der Waals surface area contributed by atoms with Crippen LogP contribution in [0, 0.1) is 5.21 Å². The molecule has 0 rings (SSSR count). The first kappa shape index (κ1) is 13.5. The number of hydrogen-bond acceptors (Lipinski definition) is 4. The van der Waals surface area contributed by atoms with Crippen LogP contribution >= 0.6 is 7.60 Å². The van der Waals surface area contributed by atoms with Gasteiger partial charge in [0.25, 0.3) is 0 Å².